The van der Waals surface area contributed by atoms with Gasteiger partial charge in [0.05, 0.1) is 0 Å². The van der Waals surface area contributed by atoms with E-state index < -0.39 is 0 Å². The summed E-state index contributed by atoms with van der Waals surface area (Å²) in [7, 11) is 4.33. The number of hydrogen-bond donors (Lipinski definition) is 0. The summed E-state index contributed by atoms with van der Waals surface area (Å²) in [6.07, 6.45) is 0. The van der Waals surface area contributed by atoms with E-state index in [2.05, 4.69) is 9.12 Å². The Labute approximate surface area is 61.9 Å². The summed E-state index contributed by atoms with van der Waals surface area (Å²) >= 11 is 0. The van der Waals surface area contributed by atoms with Gasteiger partial charge >= 0.3 is 26.2 Å². The molecule has 0 aromatic rings. The van der Waals surface area contributed by atoms with Crippen LogP contribution in [0.2, 0.25) is 0 Å². The topological polar surface area (TPSA) is 0 Å². The zero-order valence-electron chi connectivity index (χ0n) is 2.99. The Hall–Kier alpha value is 2.00. The van der Waals surface area contributed by atoms with Gasteiger partial charge in [-0.1, -0.05) is 0 Å². The van der Waals surface area contributed by atoms with Crippen molar-refractivity contribution in [2.24, 2.45) is 0 Å². The average molecular weight is 323 g/mol. The smallest absolute Gasteiger partial charge is 0 e. The van der Waals surface area contributed by atoms with Crippen LogP contribution in [0.3, 0.4) is 0 Å². The molecular formula is H7BBiPZn. The molecule has 0 radical (unpaired) electrons. The molecule has 1 atom stereocenters. The van der Waals surface area contributed by atoms with Crippen LogP contribution in [0.4, 0.5) is 0 Å². The largest absolute Gasteiger partial charge is 0 e. The van der Waals surface area contributed by atoms with Crippen molar-refractivity contribution in [3.05, 3.63) is 0 Å². The van der Waals surface area contributed by atoms with E-state index in [0.29, 0.717) is 0 Å². The van der Waals surface area contributed by atoms with Crippen LogP contribution < -0.4 is 0 Å². The first-order chi connectivity index (χ1) is 1.00. The molecule has 0 heterocycles. The van der Waals surface area contributed by atoms with E-state index in [1.165, 1.54) is 0 Å². The van der Waals surface area contributed by atoms with Gasteiger partial charge in [0.2, 0.25) is 0 Å². The van der Waals surface area contributed by atoms with Crippen molar-refractivity contribution in [3.63, 3.8) is 0 Å². The van der Waals surface area contributed by atoms with Crippen LogP contribution in [0.5, 0.6) is 0 Å². The van der Waals surface area contributed by atoms with Crippen molar-refractivity contribution in [1.82, 2.24) is 0 Å². The maximum absolute atomic E-state index is 2.42. The molecule has 1 unspecified atom stereocenters. The van der Waals surface area contributed by atoms with Crippen molar-refractivity contribution >= 4 is 42.9 Å². The minimum absolute atomic E-state index is 0. The Morgan fingerprint density at radius 1 is 1.25 bits per heavy atom. The van der Waals surface area contributed by atoms with Gasteiger partial charge in [0.15, 0.2) is 0 Å². The fraction of sp³-hybridized carbons (Fsp3) is 0. The van der Waals surface area contributed by atoms with Crippen molar-refractivity contribution in [3.8, 4) is 0 Å². The zero-order chi connectivity index (χ0) is 2.00. The van der Waals surface area contributed by atoms with Gasteiger partial charge in [-0.15, -0.1) is 0 Å². The van der Waals surface area contributed by atoms with E-state index in [1.807, 2.05) is 7.57 Å². The molecule has 0 aromatic carbocycles. The predicted octanol–water partition coefficient (Wildman–Crippen LogP) is -1.78. The SMILES string of the molecule is BP.[BiH3].[Zn]. The number of hydrogen-bond acceptors (Lipinski definition) is 0. The molecule has 0 aliphatic heterocycles. The predicted molar refractivity (Wildman–Crippen MR) is 28.2 cm³/mol. The maximum Gasteiger partial charge on any atom is 0 e. The van der Waals surface area contributed by atoms with Gasteiger partial charge in [-0.2, -0.15) is 9.12 Å². The summed E-state index contributed by atoms with van der Waals surface area (Å²) in [4.78, 5) is 0. The molecule has 4 heteroatoms. The van der Waals surface area contributed by atoms with Crippen LogP contribution in [0, 0.1) is 0 Å². The molecular weight excluding hydrogens is 316 g/mol. The molecule has 0 spiro atoms. The minimum Gasteiger partial charge on any atom is 0 e. The standard InChI is InChI=1S/BH4P.Bi.Zn.3H/c1-2;;;;;/h1-2H2;;;;;. The molecule has 22 valence electrons. The van der Waals surface area contributed by atoms with Crippen LogP contribution in [-0.2, 0) is 19.5 Å². The molecule has 0 bridgehead atoms. The Morgan fingerprint density at radius 3 is 1.25 bits per heavy atom. The first-order valence-corrected chi connectivity index (χ1v) is 1.73. The third-order valence-electron chi connectivity index (χ3n) is 0. The van der Waals surface area contributed by atoms with Gasteiger partial charge in [0.25, 0.3) is 0 Å². The Balaban J connectivity index is -0.00000000500. The molecule has 0 aromatic heterocycles. The van der Waals surface area contributed by atoms with Gasteiger partial charge in [-0.25, -0.2) is 0 Å². The molecule has 0 rings (SSSR count). The Kier molecular flexibility index (Phi) is 83.3. The van der Waals surface area contributed by atoms with E-state index >= 15 is 0 Å². The van der Waals surface area contributed by atoms with E-state index in [0.717, 1.165) is 0 Å². The molecule has 0 N–H and O–H groups in total. The second kappa shape index (κ2) is 20.0. The van der Waals surface area contributed by atoms with Gasteiger partial charge in [0, 0.05) is 19.5 Å². The second-order valence-corrected chi connectivity index (χ2v) is 0. The molecule has 0 saturated carbocycles. The maximum atomic E-state index is 2.42. The third kappa shape index (κ3) is 9.00. The second-order valence-electron chi connectivity index (χ2n) is 0. The monoisotopic (exact) mass is 322 g/mol. The molecule has 0 saturated heterocycles. The fourth-order valence-electron chi connectivity index (χ4n) is 0. The average Bonchev–Trinajstić information content (AvgIpc) is 1.00. The van der Waals surface area contributed by atoms with E-state index in [1.54, 1.807) is 0 Å². The van der Waals surface area contributed by atoms with Crippen LogP contribution in [0.25, 0.3) is 0 Å². The molecule has 0 nitrogen and oxygen atoms in total. The summed E-state index contributed by atoms with van der Waals surface area (Å²) in [6.45, 7) is 0. The number of rotatable bonds is 0. The van der Waals surface area contributed by atoms with Gasteiger partial charge in [0.1, 0.15) is 7.57 Å². The fourth-order valence-corrected chi connectivity index (χ4v) is 0. The molecule has 0 aliphatic rings. The van der Waals surface area contributed by atoms with Gasteiger partial charge in [-0.3, -0.25) is 0 Å². The van der Waals surface area contributed by atoms with Crippen LogP contribution in [-0.4, -0.2) is 33.8 Å². The van der Waals surface area contributed by atoms with Crippen molar-refractivity contribution < 1.29 is 19.5 Å². The molecule has 0 amide bonds. The Bertz CT molecular complexity index is 8.00. The Morgan fingerprint density at radius 2 is 1.25 bits per heavy atom. The molecule has 0 fully saturated rings. The van der Waals surface area contributed by atoms with E-state index in [-0.39, 0.29) is 45.7 Å². The first kappa shape index (κ1) is 16.7. The van der Waals surface area contributed by atoms with Crippen LogP contribution in [0.1, 0.15) is 0 Å². The normalized spacial score (nSPS) is 1.25. The van der Waals surface area contributed by atoms with Crippen molar-refractivity contribution in [2.45, 2.75) is 0 Å². The first-order valence-electron chi connectivity index (χ1n) is 0.577. The molecule has 4 heavy (non-hydrogen) atoms. The summed E-state index contributed by atoms with van der Waals surface area (Å²) < 4.78 is 0. The van der Waals surface area contributed by atoms with Crippen molar-refractivity contribution in [1.29, 1.82) is 0 Å². The van der Waals surface area contributed by atoms with Gasteiger partial charge in [-0.05, 0) is 0 Å². The zero-order valence-corrected chi connectivity index (χ0v) is 12.6. The summed E-state index contributed by atoms with van der Waals surface area (Å²) in [5.74, 6) is 0. The van der Waals surface area contributed by atoms with Crippen LogP contribution in [0.15, 0.2) is 0 Å². The van der Waals surface area contributed by atoms with Crippen molar-refractivity contribution in [2.75, 3.05) is 0 Å². The van der Waals surface area contributed by atoms with E-state index in [9.17, 15) is 0 Å². The minimum atomic E-state index is 0. The quantitative estimate of drug-likeness (QED) is 0.365. The summed E-state index contributed by atoms with van der Waals surface area (Å²) in [5, 5.41) is 0. The van der Waals surface area contributed by atoms with Gasteiger partial charge < -0.3 is 0 Å². The van der Waals surface area contributed by atoms with E-state index in [4.69, 9.17) is 0 Å². The summed E-state index contributed by atoms with van der Waals surface area (Å²) in [5.41, 5.74) is 0. The molecule has 0 aliphatic carbocycles. The van der Waals surface area contributed by atoms with Crippen LogP contribution >= 0.6 is 9.12 Å². The summed E-state index contributed by atoms with van der Waals surface area (Å²) in [6, 6.07) is 0. The third-order valence-corrected chi connectivity index (χ3v) is 0.